The number of fused-ring (bicyclic) bond motifs is 1. The summed E-state index contributed by atoms with van der Waals surface area (Å²) in [6.45, 7) is 3.90. The van der Waals surface area contributed by atoms with Gasteiger partial charge < -0.3 is 14.2 Å². The summed E-state index contributed by atoms with van der Waals surface area (Å²) in [7, 11) is 1.58. The van der Waals surface area contributed by atoms with Crippen molar-refractivity contribution in [2.75, 3.05) is 13.9 Å². The first-order valence-electron chi connectivity index (χ1n) is 4.98. The van der Waals surface area contributed by atoms with E-state index in [1.165, 1.54) is 0 Å². The van der Waals surface area contributed by atoms with Gasteiger partial charge in [0.2, 0.25) is 6.79 Å². The maximum absolute atomic E-state index is 9.14. The normalized spacial score (nSPS) is 13.4. The summed E-state index contributed by atoms with van der Waals surface area (Å²) in [5, 5.41) is 9.14. The molecule has 0 N–H and O–H groups in total. The molecule has 0 bridgehead atoms. The van der Waals surface area contributed by atoms with Crippen molar-refractivity contribution in [1.29, 1.82) is 5.26 Å². The highest BCUT2D eigenvalue weighted by atomic mass is 16.7. The van der Waals surface area contributed by atoms with E-state index in [0.29, 0.717) is 17.2 Å². The van der Waals surface area contributed by atoms with Gasteiger partial charge in [-0.25, -0.2) is 0 Å². The fourth-order valence-electron chi connectivity index (χ4n) is 1.64. The van der Waals surface area contributed by atoms with Gasteiger partial charge in [-0.15, -0.1) is 0 Å². The van der Waals surface area contributed by atoms with Crippen molar-refractivity contribution in [1.82, 2.24) is 0 Å². The Kier molecular flexibility index (Phi) is 2.39. The van der Waals surface area contributed by atoms with Crippen molar-refractivity contribution < 1.29 is 14.2 Å². The number of hydrogen-bond acceptors (Lipinski definition) is 4. The summed E-state index contributed by atoms with van der Waals surface area (Å²) in [5.74, 6) is 1.98. The molecule has 1 aliphatic rings. The van der Waals surface area contributed by atoms with E-state index in [4.69, 9.17) is 19.5 Å². The lowest BCUT2D eigenvalue weighted by molar-refractivity contribution is 0.174. The second-order valence-corrected chi connectivity index (χ2v) is 4.14. The van der Waals surface area contributed by atoms with Crippen molar-refractivity contribution in [2.24, 2.45) is 0 Å². The van der Waals surface area contributed by atoms with Gasteiger partial charge in [0.15, 0.2) is 11.5 Å². The van der Waals surface area contributed by atoms with Gasteiger partial charge in [0.25, 0.3) is 0 Å². The summed E-state index contributed by atoms with van der Waals surface area (Å²) in [6, 6.07) is 5.82. The Balaban J connectivity index is 2.57. The molecule has 84 valence electrons. The second kappa shape index (κ2) is 3.60. The molecule has 16 heavy (non-hydrogen) atoms. The van der Waals surface area contributed by atoms with Crippen molar-refractivity contribution in [2.45, 2.75) is 19.3 Å². The van der Waals surface area contributed by atoms with Gasteiger partial charge in [-0.3, -0.25) is 0 Å². The van der Waals surface area contributed by atoms with Crippen LogP contribution in [0, 0.1) is 11.3 Å². The summed E-state index contributed by atoms with van der Waals surface area (Å²) >= 11 is 0. The molecule has 1 aromatic rings. The third-order valence-corrected chi connectivity index (χ3v) is 2.65. The molecule has 1 aromatic carbocycles. The quantitative estimate of drug-likeness (QED) is 0.765. The van der Waals surface area contributed by atoms with Crippen LogP contribution in [-0.2, 0) is 5.41 Å². The first-order valence-corrected chi connectivity index (χ1v) is 4.98. The Hall–Kier alpha value is -1.89. The van der Waals surface area contributed by atoms with Crippen molar-refractivity contribution in [3.05, 3.63) is 17.7 Å². The smallest absolute Gasteiger partial charge is 0.231 e. The highest BCUT2D eigenvalue weighted by Gasteiger charge is 2.28. The number of hydrogen-bond donors (Lipinski definition) is 0. The van der Waals surface area contributed by atoms with E-state index in [1.807, 2.05) is 19.9 Å². The van der Waals surface area contributed by atoms with Crippen molar-refractivity contribution >= 4 is 0 Å². The van der Waals surface area contributed by atoms with Crippen LogP contribution in [0.5, 0.6) is 17.2 Å². The second-order valence-electron chi connectivity index (χ2n) is 4.14. The molecule has 0 amide bonds. The molecule has 0 radical (unpaired) electrons. The Morgan fingerprint density at radius 1 is 1.31 bits per heavy atom. The largest absolute Gasteiger partial charge is 0.496 e. The Morgan fingerprint density at radius 2 is 1.94 bits per heavy atom. The first-order chi connectivity index (χ1) is 7.58. The van der Waals surface area contributed by atoms with E-state index >= 15 is 0 Å². The molecule has 2 rings (SSSR count). The molecule has 1 aliphatic heterocycles. The monoisotopic (exact) mass is 219 g/mol. The zero-order valence-electron chi connectivity index (χ0n) is 9.53. The SMILES string of the molecule is COc1cc2c(cc1C(C)(C)C#N)OCO2. The third-order valence-electron chi connectivity index (χ3n) is 2.65. The first kappa shape index (κ1) is 10.6. The van der Waals surface area contributed by atoms with E-state index in [0.717, 1.165) is 5.56 Å². The number of methoxy groups -OCH3 is 1. The van der Waals surface area contributed by atoms with Gasteiger partial charge in [0.1, 0.15) is 5.75 Å². The van der Waals surface area contributed by atoms with Gasteiger partial charge in [-0.05, 0) is 19.9 Å². The van der Waals surface area contributed by atoms with Crippen molar-refractivity contribution in [3.8, 4) is 23.3 Å². The fourth-order valence-corrected chi connectivity index (χ4v) is 1.64. The minimum Gasteiger partial charge on any atom is -0.496 e. The molecule has 4 heteroatoms. The molecule has 0 aromatic heterocycles. The maximum atomic E-state index is 9.14. The number of ether oxygens (including phenoxy) is 3. The van der Waals surface area contributed by atoms with E-state index in [9.17, 15) is 0 Å². The van der Waals surface area contributed by atoms with Crippen LogP contribution < -0.4 is 14.2 Å². The molecule has 0 aliphatic carbocycles. The number of nitrogens with zero attached hydrogens (tertiary/aromatic N) is 1. The lowest BCUT2D eigenvalue weighted by Gasteiger charge is -2.19. The lowest BCUT2D eigenvalue weighted by Crippen LogP contribution is -2.15. The summed E-state index contributed by atoms with van der Waals surface area (Å²) in [6.07, 6.45) is 0. The molecule has 0 saturated heterocycles. The molecule has 0 unspecified atom stereocenters. The minimum absolute atomic E-state index is 0.217. The van der Waals surface area contributed by atoms with Crippen LogP contribution in [-0.4, -0.2) is 13.9 Å². The Labute approximate surface area is 94.3 Å². The van der Waals surface area contributed by atoms with Crippen LogP contribution >= 0.6 is 0 Å². The van der Waals surface area contributed by atoms with Crippen LogP contribution in [0.25, 0.3) is 0 Å². The third kappa shape index (κ3) is 1.54. The van der Waals surface area contributed by atoms with Gasteiger partial charge in [0, 0.05) is 11.6 Å². The van der Waals surface area contributed by atoms with Crippen LogP contribution in [0.4, 0.5) is 0 Å². The van der Waals surface area contributed by atoms with Crippen LogP contribution in [0.15, 0.2) is 12.1 Å². The van der Waals surface area contributed by atoms with E-state index in [1.54, 1.807) is 13.2 Å². The topological polar surface area (TPSA) is 51.5 Å². The van der Waals surface area contributed by atoms with E-state index in [2.05, 4.69) is 6.07 Å². The number of nitriles is 1. The zero-order valence-corrected chi connectivity index (χ0v) is 9.53. The summed E-state index contributed by atoms with van der Waals surface area (Å²) < 4.78 is 15.8. The van der Waals surface area contributed by atoms with Crippen LogP contribution in [0.2, 0.25) is 0 Å². The summed E-state index contributed by atoms with van der Waals surface area (Å²) in [5.41, 5.74) is 0.188. The average molecular weight is 219 g/mol. The fraction of sp³-hybridized carbons (Fsp3) is 0.417. The predicted molar refractivity (Wildman–Crippen MR) is 57.8 cm³/mol. The maximum Gasteiger partial charge on any atom is 0.231 e. The number of benzene rings is 1. The van der Waals surface area contributed by atoms with Crippen LogP contribution in [0.1, 0.15) is 19.4 Å². The van der Waals surface area contributed by atoms with Crippen LogP contribution in [0.3, 0.4) is 0 Å². The van der Waals surface area contributed by atoms with Gasteiger partial charge in [-0.1, -0.05) is 0 Å². The van der Waals surface area contributed by atoms with E-state index in [-0.39, 0.29) is 6.79 Å². The minimum atomic E-state index is -0.619. The lowest BCUT2D eigenvalue weighted by atomic mass is 9.85. The molecule has 1 heterocycles. The molecule has 0 saturated carbocycles. The molecule has 0 fully saturated rings. The molecule has 0 atom stereocenters. The predicted octanol–water partition coefficient (Wildman–Crippen LogP) is 2.23. The molecular formula is C12H13NO3. The zero-order chi connectivity index (χ0) is 11.8. The van der Waals surface area contributed by atoms with Crippen molar-refractivity contribution in [3.63, 3.8) is 0 Å². The highest BCUT2D eigenvalue weighted by molar-refractivity contribution is 5.55. The van der Waals surface area contributed by atoms with Gasteiger partial charge in [-0.2, -0.15) is 5.26 Å². The molecular weight excluding hydrogens is 206 g/mol. The Bertz CT molecular complexity index is 460. The van der Waals surface area contributed by atoms with Gasteiger partial charge in [0.05, 0.1) is 18.6 Å². The highest BCUT2D eigenvalue weighted by Crippen LogP contribution is 2.42. The Morgan fingerprint density at radius 3 is 2.50 bits per heavy atom. The average Bonchev–Trinajstić information content (AvgIpc) is 2.74. The molecule has 0 spiro atoms. The standard InChI is InChI=1S/C12H13NO3/c1-12(2,6-13)8-4-10-11(16-7-15-10)5-9(8)14-3/h4-5H,7H2,1-3H3. The molecule has 4 nitrogen and oxygen atoms in total. The van der Waals surface area contributed by atoms with E-state index < -0.39 is 5.41 Å². The number of rotatable bonds is 2. The van der Waals surface area contributed by atoms with Gasteiger partial charge >= 0.3 is 0 Å². The summed E-state index contributed by atoms with van der Waals surface area (Å²) in [4.78, 5) is 0.